The van der Waals surface area contributed by atoms with Crippen molar-refractivity contribution in [2.75, 3.05) is 13.1 Å². The summed E-state index contributed by atoms with van der Waals surface area (Å²) in [5.74, 6) is 1.99. The average Bonchev–Trinajstić information content (AvgIpc) is 2.93. The Kier molecular flexibility index (Phi) is 4.72. The summed E-state index contributed by atoms with van der Waals surface area (Å²) in [4.78, 5) is 2.90. The van der Waals surface area contributed by atoms with Crippen LogP contribution in [0.1, 0.15) is 77.6 Å². The van der Waals surface area contributed by atoms with Gasteiger partial charge < -0.3 is 5.73 Å². The fourth-order valence-electron chi connectivity index (χ4n) is 5.52. The predicted molar refractivity (Wildman–Crippen MR) is 85.7 cm³/mol. The molecule has 0 aromatic rings. The third kappa shape index (κ3) is 2.66. The molecule has 2 N–H and O–H groups in total. The van der Waals surface area contributed by atoms with E-state index in [2.05, 4.69) is 11.8 Å². The first kappa shape index (κ1) is 14.8. The second-order valence-corrected chi connectivity index (χ2v) is 7.75. The van der Waals surface area contributed by atoms with E-state index in [1.807, 2.05) is 0 Å². The number of fused-ring (bicyclic) bond motifs is 1. The van der Waals surface area contributed by atoms with Crippen LogP contribution in [0.25, 0.3) is 0 Å². The van der Waals surface area contributed by atoms with Gasteiger partial charge in [-0.2, -0.15) is 0 Å². The van der Waals surface area contributed by atoms with Gasteiger partial charge in [0.2, 0.25) is 0 Å². The Bertz CT molecular complexity index is 307. The molecular weight excluding hydrogens is 244 g/mol. The highest BCUT2D eigenvalue weighted by molar-refractivity contribution is 5.03. The van der Waals surface area contributed by atoms with Crippen LogP contribution in [-0.2, 0) is 0 Å². The molecule has 0 spiro atoms. The summed E-state index contributed by atoms with van der Waals surface area (Å²) in [6.07, 6.45) is 15.7. The van der Waals surface area contributed by atoms with Crippen molar-refractivity contribution in [2.24, 2.45) is 17.6 Å². The molecular formula is C18H34N2. The average molecular weight is 278 g/mol. The van der Waals surface area contributed by atoms with Crippen LogP contribution in [0.4, 0.5) is 0 Å². The molecule has 116 valence electrons. The minimum atomic E-state index is 0.376. The van der Waals surface area contributed by atoms with Crippen molar-refractivity contribution in [1.29, 1.82) is 0 Å². The van der Waals surface area contributed by atoms with Crippen molar-refractivity contribution < 1.29 is 0 Å². The molecule has 1 aliphatic heterocycles. The monoisotopic (exact) mass is 278 g/mol. The van der Waals surface area contributed by atoms with Crippen LogP contribution in [0.2, 0.25) is 0 Å². The second kappa shape index (κ2) is 6.36. The van der Waals surface area contributed by atoms with Crippen LogP contribution in [0, 0.1) is 11.8 Å². The lowest BCUT2D eigenvalue weighted by atomic mass is 9.73. The maximum atomic E-state index is 6.32. The van der Waals surface area contributed by atoms with E-state index in [1.165, 1.54) is 77.2 Å². The van der Waals surface area contributed by atoms with E-state index in [9.17, 15) is 0 Å². The maximum Gasteiger partial charge on any atom is 0.0335 e. The highest BCUT2D eigenvalue weighted by atomic mass is 15.3. The molecule has 3 rings (SSSR count). The molecule has 2 aliphatic carbocycles. The molecule has 2 atom stereocenters. The Labute approximate surface area is 125 Å². The van der Waals surface area contributed by atoms with E-state index in [0.717, 1.165) is 24.4 Å². The number of likely N-dealkylation sites (tertiary alicyclic amines) is 1. The first-order chi connectivity index (χ1) is 9.79. The van der Waals surface area contributed by atoms with Crippen LogP contribution in [0.5, 0.6) is 0 Å². The van der Waals surface area contributed by atoms with Crippen molar-refractivity contribution in [3.8, 4) is 0 Å². The fourth-order valence-corrected chi connectivity index (χ4v) is 5.52. The van der Waals surface area contributed by atoms with Gasteiger partial charge in [0.25, 0.3) is 0 Å². The van der Waals surface area contributed by atoms with E-state index in [4.69, 9.17) is 5.73 Å². The van der Waals surface area contributed by atoms with Gasteiger partial charge in [0, 0.05) is 18.1 Å². The van der Waals surface area contributed by atoms with Crippen LogP contribution in [0.3, 0.4) is 0 Å². The van der Waals surface area contributed by atoms with Gasteiger partial charge in [-0.05, 0) is 63.3 Å². The van der Waals surface area contributed by atoms with Gasteiger partial charge in [0.1, 0.15) is 0 Å². The summed E-state index contributed by atoms with van der Waals surface area (Å²) in [5.41, 5.74) is 6.69. The Morgan fingerprint density at radius 3 is 2.50 bits per heavy atom. The van der Waals surface area contributed by atoms with E-state index in [-0.39, 0.29) is 0 Å². The molecule has 2 unspecified atom stereocenters. The topological polar surface area (TPSA) is 29.3 Å². The standard InChI is InChI=1S/C18H34N2/c1-2-5-15-8-11-18(14-19,12-9-15)20-13-10-16-6-3-4-7-17(16)20/h15-17H,2-14,19H2,1H3. The van der Waals surface area contributed by atoms with Crippen LogP contribution in [-0.4, -0.2) is 29.6 Å². The minimum absolute atomic E-state index is 0.376. The molecule has 0 amide bonds. The molecule has 2 saturated carbocycles. The first-order valence-electron chi connectivity index (χ1n) is 9.26. The van der Waals surface area contributed by atoms with Crippen LogP contribution < -0.4 is 5.73 Å². The second-order valence-electron chi connectivity index (χ2n) is 7.75. The molecule has 0 bridgehead atoms. The highest BCUT2D eigenvalue weighted by Crippen LogP contribution is 2.45. The molecule has 20 heavy (non-hydrogen) atoms. The molecule has 2 nitrogen and oxygen atoms in total. The number of rotatable bonds is 4. The number of hydrogen-bond acceptors (Lipinski definition) is 2. The zero-order valence-electron chi connectivity index (χ0n) is 13.4. The summed E-state index contributed by atoms with van der Waals surface area (Å²) in [5, 5.41) is 0. The number of nitrogens with two attached hydrogens (primary N) is 1. The van der Waals surface area contributed by atoms with Gasteiger partial charge in [-0.25, -0.2) is 0 Å². The lowest BCUT2D eigenvalue weighted by molar-refractivity contribution is 0.0139. The zero-order valence-corrected chi connectivity index (χ0v) is 13.4. The summed E-state index contributed by atoms with van der Waals surface area (Å²) >= 11 is 0. The third-order valence-corrected chi connectivity index (χ3v) is 6.73. The molecule has 2 heteroatoms. The highest BCUT2D eigenvalue weighted by Gasteiger charge is 2.47. The predicted octanol–water partition coefficient (Wildman–Crippen LogP) is 3.94. The molecule has 1 saturated heterocycles. The largest absolute Gasteiger partial charge is 0.329 e. The number of nitrogens with zero attached hydrogens (tertiary/aromatic N) is 1. The van der Waals surface area contributed by atoms with Crippen LogP contribution in [0.15, 0.2) is 0 Å². The van der Waals surface area contributed by atoms with Crippen molar-refractivity contribution in [1.82, 2.24) is 4.90 Å². The SMILES string of the molecule is CCCC1CCC(CN)(N2CCC3CCCCC32)CC1. The van der Waals surface area contributed by atoms with Crippen molar-refractivity contribution >= 4 is 0 Å². The summed E-state index contributed by atoms with van der Waals surface area (Å²) in [6.45, 7) is 4.57. The Morgan fingerprint density at radius 1 is 1.05 bits per heavy atom. The van der Waals surface area contributed by atoms with Gasteiger partial charge in [-0.15, -0.1) is 0 Å². The van der Waals surface area contributed by atoms with Gasteiger partial charge in [0.05, 0.1) is 0 Å². The van der Waals surface area contributed by atoms with E-state index >= 15 is 0 Å². The van der Waals surface area contributed by atoms with Crippen molar-refractivity contribution in [3.63, 3.8) is 0 Å². The van der Waals surface area contributed by atoms with Crippen molar-refractivity contribution in [2.45, 2.75) is 89.1 Å². The van der Waals surface area contributed by atoms with Gasteiger partial charge >= 0.3 is 0 Å². The lowest BCUT2D eigenvalue weighted by Crippen LogP contribution is -2.58. The lowest BCUT2D eigenvalue weighted by Gasteiger charge is -2.50. The molecule has 0 aromatic heterocycles. The van der Waals surface area contributed by atoms with E-state index in [1.54, 1.807) is 0 Å². The number of hydrogen-bond donors (Lipinski definition) is 1. The van der Waals surface area contributed by atoms with Gasteiger partial charge in [-0.3, -0.25) is 4.90 Å². The Morgan fingerprint density at radius 2 is 1.80 bits per heavy atom. The van der Waals surface area contributed by atoms with E-state index in [0.29, 0.717) is 5.54 Å². The van der Waals surface area contributed by atoms with E-state index < -0.39 is 0 Å². The summed E-state index contributed by atoms with van der Waals surface area (Å²) in [7, 11) is 0. The molecule has 3 aliphatic rings. The van der Waals surface area contributed by atoms with Gasteiger partial charge in [0.15, 0.2) is 0 Å². The van der Waals surface area contributed by atoms with Crippen LogP contribution >= 0.6 is 0 Å². The third-order valence-electron chi connectivity index (χ3n) is 6.73. The Hall–Kier alpha value is -0.0800. The first-order valence-corrected chi connectivity index (χ1v) is 9.26. The minimum Gasteiger partial charge on any atom is -0.329 e. The molecule has 0 radical (unpaired) electrons. The maximum absolute atomic E-state index is 6.32. The summed E-state index contributed by atoms with van der Waals surface area (Å²) in [6, 6.07) is 0.884. The summed E-state index contributed by atoms with van der Waals surface area (Å²) < 4.78 is 0. The Balaban J connectivity index is 1.67. The fraction of sp³-hybridized carbons (Fsp3) is 1.00. The quantitative estimate of drug-likeness (QED) is 0.844. The normalized spacial score (nSPS) is 42.6. The molecule has 3 fully saturated rings. The zero-order chi connectivity index (χ0) is 14.0. The van der Waals surface area contributed by atoms with Crippen molar-refractivity contribution in [3.05, 3.63) is 0 Å². The smallest absolute Gasteiger partial charge is 0.0335 e. The van der Waals surface area contributed by atoms with Gasteiger partial charge in [-0.1, -0.05) is 32.6 Å². The molecule has 1 heterocycles. The molecule has 0 aromatic carbocycles.